The van der Waals surface area contributed by atoms with Crippen LogP contribution in [0.25, 0.3) is 10.8 Å². The van der Waals surface area contributed by atoms with Gasteiger partial charge in [-0.1, -0.05) is 48.5 Å². The number of anilines is 2. The summed E-state index contributed by atoms with van der Waals surface area (Å²) in [6.45, 7) is 4.61. The Hall–Kier alpha value is -3.38. The van der Waals surface area contributed by atoms with E-state index in [-0.39, 0.29) is 17.9 Å². The second kappa shape index (κ2) is 8.78. The Kier molecular flexibility index (Phi) is 5.91. The van der Waals surface area contributed by atoms with Crippen molar-refractivity contribution in [2.24, 2.45) is 0 Å². The molecule has 1 aliphatic rings. The Bertz CT molecular complexity index is 1130. The lowest BCUT2D eigenvalue weighted by atomic mass is 9.99. The third-order valence-electron chi connectivity index (χ3n) is 5.99. The predicted octanol–water partition coefficient (Wildman–Crippen LogP) is 3.20. The Morgan fingerprint density at radius 3 is 2.68 bits per heavy atom. The van der Waals surface area contributed by atoms with Gasteiger partial charge < -0.3 is 20.9 Å². The fraction of sp³-hybridized carbons (Fsp3) is 0.280. The second-order valence-electron chi connectivity index (χ2n) is 7.98. The number of rotatable bonds is 5. The highest BCUT2D eigenvalue weighted by Crippen LogP contribution is 2.32. The number of nitrogens with zero attached hydrogens (tertiary/aromatic N) is 1. The molecule has 0 saturated carbocycles. The molecule has 1 aliphatic heterocycles. The summed E-state index contributed by atoms with van der Waals surface area (Å²) >= 11 is 0. The molecule has 0 bridgehead atoms. The summed E-state index contributed by atoms with van der Waals surface area (Å²) in [4.78, 5) is 27.9. The number of carbonyl (C=O) groups excluding carboxylic acids is 2. The molecular weight excluding hydrogens is 388 g/mol. The van der Waals surface area contributed by atoms with Gasteiger partial charge in [0.05, 0.1) is 24.0 Å². The lowest BCUT2D eigenvalue weighted by Gasteiger charge is -2.27. The fourth-order valence-corrected chi connectivity index (χ4v) is 3.98. The monoisotopic (exact) mass is 416 g/mol. The number of carbonyl (C=O) groups is 2. The molecule has 1 heterocycles. The first-order valence-electron chi connectivity index (χ1n) is 10.6. The summed E-state index contributed by atoms with van der Waals surface area (Å²) < 4.78 is 0. The number of aryl methyl sites for hydroxylation is 1. The van der Waals surface area contributed by atoms with E-state index in [1.165, 1.54) is 0 Å². The van der Waals surface area contributed by atoms with E-state index in [0.29, 0.717) is 13.1 Å². The van der Waals surface area contributed by atoms with Crippen LogP contribution < -0.4 is 20.9 Å². The van der Waals surface area contributed by atoms with Gasteiger partial charge in [-0.25, -0.2) is 0 Å². The maximum Gasteiger partial charge on any atom is 0.251 e. The van der Waals surface area contributed by atoms with Gasteiger partial charge in [0, 0.05) is 6.54 Å². The van der Waals surface area contributed by atoms with Gasteiger partial charge in [0.25, 0.3) is 5.91 Å². The van der Waals surface area contributed by atoms with E-state index in [0.717, 1.165) is 33.3 Å². The van der Waals surface area contributed by atoms with Gasteiger partial charge in [-0.3, -0.25) is 9.59 Å². The number of nitrogens with one attached hydrogen (secondary N) is 3. The third-order valence-corrected chi connectivity index (χ3v) is 5.99. The van der Waals surface area contributed by atoms with Gasteiger partial charge in [0.1, 0.15) is 6.04 Å². The minimum atomic E-state index is -0.661. The molecule has 6 nitrogen and oxygen atoms in total. The first kappa shape index (κ1) is 20.9. The Labute approximate surface area is 182 Å². The number of para-hydroxylation sites is 2. The maximum absolute atomic E-state index is 13.7. The third kappa shape index (κ3) is 4.11. The molecule has 3 aromatic rings. The average Bonchev–Trinajstić information content (AvgIpc) is 2.92. The van der Waals surface area contributed by atoms with Gasteiger partial charge in [-0.15, -0.1) is 0 Å². The zero-order chi connectivity index (χ0) is 22.0. The standard InChI is InChI=1S/C25H28N4O2/c1-16-12-13-18-8-4-5-9-19(18)20(16)15-29-23-11-7-6-10-21(23)27-14-22(25(29)31)28-24(30)17(2)26-3/h4-13,17,22,26-27H,14-15H2,1-3H3,(H,28,30)/t17-,22-/m0/s1. The highest BCUT2D eigenvalue weighted by molar-refractivity contribution is 6.04. The fourth-order valence-electron chi connectivity index (χ4n) is 3.98. The SMILES string of the molecule is CN[C@@H](C)C(=O)N[C@H]1CNc2ccccc2N(Cc2c(C)ccc3ccccc23)C1=O. The van der Waals surface area contributed by atoms with E-state index in [9.17, 15) is 9.59 Å². The van der Waals surface area contributed by atoms with Crippen molar-refractivity contribution in [3.63, 3.8) is 0 Å². The van der Waals surface area contributed by atoms with Crippen molar-refractivity contribution in [2.45, 2.75) is 32.5 Å². The molecule has 2 amide bonds. The molecule has 0 aliphatic carbocycles. The highest BCUT2D eigenvalue weighted by Gasteiger charge is 2.32. The largest absolute Gasteiger partial charge is 0.381 e. The topological polar surface area (TPSA) is 73.5 Å². The van der Waals surface area contributed by atoms with E-state index < -0.39 is 6.04 Å². The van der Waals surface area contributed by atoms with Crippen LogP contribution in [0.4, 0.5) is 11.4 Å². The van der Waals surface area contributed by atoms with Crippen LogP contribution in [-0.4, -0.2) is 37.5 Å². The van der Waals surface area contributed by atoms with Crippen LogP contribution in [-0.2, 0) is 16.1 Å². The summed E-state index contributed by atoms with van der Waals surface area (Å²) in [5, 5.41) is 11.4. The number of likely N-dealkylation sites (N-methyl/N-ethyl adjacent to an activating group) is 1. The molecule has 3 aromatic carbocycles. The number of hydrogen-bond acceptors (Lipinski definition) is 4. The molecule has 6 heteroatoms. The molecule has 0 fully saturated rings. The smallest absolute Gasteiger partial charge is 0.251 e. The van der Waals surface area contributed by atoms with E-state index in [1.807, 2.05) is 36.4 Å². The molecule has 0 spiro atoms. The molecule has 2 atom stereocenters. The first-order chi connectivity index (χ1) is 15.0. The molecule has 0 unspecified atom stereocenters. The van der Waals surface area contributed by atoms with Gasteiger partial charge in [-0.05, 0) is 54.9 Å². The molecule has 31 heavy (non-hydrogen) atoms. The van der Waals surface area contributed by atoms with Crippen LogP contribution in [0.2, 0.25) is 0 Å². The highest BCUT2D eigenvalue weighted by atomic mass is 16.2. The van der Waals surface area contributed by atoms with Crippen LogP contribution in [0.3, 0.4) is 0 Å². The van der Waals surface area contributed by atoms with Gasteiger partial charge in [-0.2, -0.15) is 0 Å². The van der Waals surface area contributed by atoms with Gasteiger partial charge in [0.15, 0.2) is 0 Å². The summed E-state index contributed by atoms with van der Waals surface area (Å²) in [5.41, 5.74) is 3.94. The van der Waals surface area contributed by atoms with Crippen molar-refractivity contribution in [1.82, 2.24) is 10.6 Å². The van der Waals surface area contributed by atoms with Crippen molar-refractivity contribution in [3.05, 3.63) is 71.8 Å². The van der Waals surface area contributed by atoms with Crippen molar-refractivity contribution < 1.29 is 9.59 Å². The Morgan fingerprint density at radius 2 is 1.87 bits per heavy atom. The van der Waals surface area contributed by atoms with E-state index in [1.54, 1.807) is 18.9 Å². The van der Waals surface area contributed by atoms with Gasteiger partial charge in [0.2, 0.25) is 5.91 Å². The minimum Gasteiger partial charge on any atom is -0.381 e. The second-order valence-corrected chi connectivity index (χ2v) is 7.98. The quantitative estimate of drug-likeness (QED) is 0.597. The lowest BCUT2D eigenvalue weighted by Crippen LogP contribution is -2.54. The molecule has 0 aromatic heterocycles. The van der Waals surface area contributed by atoms with Crippen LogP contribution >= 0.6 is 0 Å². The number of amides is 2. The number of fused-ring (bicyclic) bond motifs is 2. The lowest BCUT2D eigenvalue weighted by molar-refractivity contribution is -0.128. The predicted molar refractivity (Wildman–Crippen MR) is 125 cm³/mol. The van der Waals surface area contributed by atoms with Crippen molar-refractivity contribution in [2.75, 3.05) is 23.8 Å². The minimum absolute atomic E-state index is 0.124. The van der Waals surface area contributed by atoms with Crippen molar-refractivity contribution in [1.29, 1.82) is 0 Å². The van der Waals surface area contributed by atoms with E-state index >= 15 is 0 Å². The van der Waals surface area contributed by atoms with E-state index in [4.69, 9.17) is 0 Å². The Balaban J connectivity index is 1.74. The van der Waals surface area contributed by atoms with E-state index in [2.05, 4.69) is 47.1 Å². The maximum atomic E-state index is 13.7. The average molecular weight is 417 g/mol. The molecular formula is C25H28N4O2. The number of benzene rings is 3. The van der Waals surface area contributed by atoms with Crippen LogP contribution in [0.5, 0.6) is 0 Å². The van der Waals surface area contributed by atoms with Crippen LogP contribution in [0.15, 0.2) is 60.7 Å². The zero-order valence-corrected chi connectivity index (χ0v) is 18.1. The van der Waals surface area contributed by atoms with Crippen molar-refractivity contribution in [3.8, 4) is 0 Å². The summed E-state index contributed by atoms with van der Waals surface area (Å²) in [5.74, 6) is -0.323. The van der Waals surface area contributed by atoms with Crippen molar-refractivity contribution >= 4 is 34.0 Å². The summed E-state index contributed by atoms with van der Waals surface area (Å²) in [6.07, 6.45) is 0. The van der Waals surface area contributed by atoms with Gasteiger partial charge >= 0.3 is 0 Å². The molecule has 160 valence electrons. The normalized spacial score (nSPS) is 16.9. The Morgan fingerprint density at radius 1 is 1.13 bits per heavy atom. The summed E-state index contributed by atoms with van der Waals surface area (Å²) in [7, 11) is 1.73. The molecule has 0 radical (unpaired) electrons. The molecule has 3 N–H and O–H groups in total. The first-order valence-corrected chi connectivity index (χ1v) is 10.6. The summed E-state index contributed by atoms with van der Waals surface area (Å²) in [6, 6.07) is 19.2. The molecule has 4 rings (SSSR count). The number of hydrogen-bond donors (Lipinski definition) is 3. The van der Waals surface area contributed by atoms with Crippen LogP contribution in [0.1, 0.15) is 18.1 Å². The van der Waals surface area contributed by atoms with Crippen LogP contribution in [0, 0.1) is 6.92 Å². The zero-order valence-electron chi connectivity index (χ0n) is 18.1. The molecule has 0 saturated heterocycles.